The van der Waals surface area contributed by atoms with Gasteiger partial charge in [0.1, 0.15) is 22.7 Å². The molecule has 0 aliphatic carbocycles. The van der Waals surface area contributed by atoms with Crippen molar-refractivity contribution in [1.29, 1.82) is 0 Å². The lowest BCUT2D eigenvalue weighted by Crippen LogP contribution is -1.91. The molecule has 3 heterocycles. The Labute approximate surface area is 171 Å². The van der Waals surface area contributed by atoms with Gasteiger partial charge in [-0.05, 0) is 36.4 Å². The van der Waals surface area contributed by atoms with Crippen molar-refractivity contribution < 1.29 is 13.9 Å². The quantitative estimate of drug-likeness (QED) is 0.408. The van der Waals surface area contributed by atoms with Crippen LogP contribution in [0.2, 0.25) is 0 Å². The molecule has 30 heavy (non-hydrogen) atoms. The molecule has 0 fully saturated rings. The first-order valence-electron chi connectivity index (χ1n) is 9.22. The van der Waals surface area contributed by atoms with E-state index in [0.29, 0.717) is 39.8 Å². The van der Waals surface area contributed by atoms with E-state index in [0.717, 1.165) is 0 Å². The number of nitrogens with zero attached hydrogens (tertiary/aromatic N) is 3. The fraction of sp³-hybridized carbons (Fsp3) is 0. The van der Waals surface area contributed by atoms with Gasteiger partial charge in [-0.2, -0.15) is 0 Å². The van der Waals surface area contributed by atoms with Crippen LogP contribution in [0.5, 0.6) is 23.0 Å². The number of H-pyrrole nitrogens is 1. The SMILES string of the molecule is Fc1ccccc1Oc1cc(Oc2cccnc2)cc2[nH]c(-c3ccccn3)nc12. The van der Waals surface area contributed by atoms with E-state index in [-0.39, 0.29) is 5.75 Å². The highest BCUT2D eigenvalue weighted by molar-refractivity contribution is 5.86. The van der Waals surface area contributed by atoms with E-state index in [4.69, 9.17) is 9.47 Å². The van der Waals surface area contributed by atoms with E-state index in [2.05, 4.69) is 19.9 Å². The Morgan fingerprint density at radius 1 is 0.800 bits per heavy atom. The second-order valence-corrected chi connectivity index (χ2v) is 6.44. The lowest BCUT2D eigenvalue weighted by Gasteiger charge is -2.10. The van der Waals surface area contributed by atoms with Crippen LogP contribution in [-0.4, -0.2) is 19.9 Å². The molecular formula is C23H15FN4O2. The van der Waals surface area contributed by atoms with Crippen molar-refractivity contribution >= 4 is 11.0 Å². The van der Waals surface area contributed by atoms with Gasteiger partial charge in [0, 0.05) is 24.5 Å². The summed E-state index contributed by atoms with van der Waals surface area (Å²) in [5.41, 5.74) is 1.89. The Kier molecular flexibility index (Phi) is 4.53. The van der Waals surface area contributed by atoms with Gasteiger partial charge in [-0.15, -0.1) is 0 Å². The summed E-state index contributed by atoms with van der Waals surface area (Å²) in [6.45, 7) is 0. The van der Waals surface area contributed by atoms with Gasteiger partial charge in [0.25, 0.3) is 0 Å². The molecule has 146 valence electrons. The number of aromatic amines is 1. The molecule has 0 amide bonds. The molecule has 0 aliphatic heterocycles. The molecule has 7 heteroatoms. The van der Waals surface area contributed by atoms with E-state index in [1.165, 1.54) is 6.07 Å². The molecule has 3 aromatic heterocycles. The molecule has 0 atom stereocenters. The number of fused-ring (bicyclic) bond motifs is 1. The Hall–Kier alpha value is -4.26. The zero-order chi connectivity index (χ0) is 20.3. The molecule has 0 aliphatic rings. The van der Waals surface area contributed by atoms with Gasteiger partial charge in [-0.1, -0.05) is 18.2 Å². The molecule has 0 saturated carbocycles. The zero-order valence-electron chi connectivity index (χ0n) is 15.6. The molecule has 2 aromatic carbocycles. The van der Waals surface area contributed by atoms with Gasteiger partial charge in [0.2, 0.25) is 0 Å². The number of rotatable bonds is 5. The van der Waals surface area contributed by atoms with Crippen LogP contribution in [0.25, 0.3) is 22.6 Å². The first-order valence-corrected chi connectivity index (χ1v) is 9.22. The molecule has 0 bridgehead atoms. The van der Waals surface area contributed by atoms with Crippen molar-refractivity contribution in [3.63, 3.8) is 0 Å². The predicted octanol–water partition coefficient (Wildman–Crippen LogP) is 5.74. The van der Waals surface area contributed by atoms with Gasteiger partial charge < -0.3 is 14.5 Å². The molecule has 0 unspecified atom stereocenters. The van der Waals surface area contributed by atoms with Crippen molar-refractivity contribution in [1.82, 2.24) is 19.9 Å². The maximum Gasteiger partial charge on any atom is 0.165 e. The highest BCUT2D eigenvalue weighted by atomic mass is 19.1. The van der Waals surface area contributed by atoms with E-state index in [1.807, 2.05) is 18.2 Å². The number of pyridine rings is 2. The van der Waals surface area contributed by atoms with Gasteiger partial charge in [0.15, 0.2) is 23.1 Å². The topological polar surface area (TPSA) is 72.9 Å². The molecule has 0 saturated heterocycles. The highest BCUT2D eigenvalue weighted by Gasteiger charge is 2.16. The number of hydrogen-bond donors (Lipinski definition) is 1. The minimum atomic E-state index is -0.468. The molecule has 0 radical (unpaired) electrons. The molecule has 5 rings (SSSR count). The summed E-state index contributed by atoms with van der Waals surface area (Å²) >= 11 is 0. The molecule has 0 spiro atoms. The van der Waals surface area contributed by atoms with Crippen molar-refractivity contribution in [2.24, 2.45) is 0 Å². The van der Waals surface area contributed by atoms with Crippen LogP contribution in [0, 0.1) is 5.82 Å². The minimum Gasteiger partial charge on any atom is -0.456 e. The number of imidazole rings is 1. The summed E-state index contributed by atoms with van der Waals surface area (Å²) in [6, 6.07) is 18.8. The Balaban J connectivity index is 1.62. The second kappa shape index (κ2) is 7.63. The summed E-state index contributed by atoms with van der Waals surface area (Å²) < 4.78 is 26.0. The second-order valence-electron chi connectivity index (χ2n) is 6.44. The van der Waals surface area contributed by atoms with Crippen LogP contribution in [-0.2, 0) is 0 Å². The average molecular weight is 398 g/mol. The number of hydrogen-bond acceptors (Lipinski definition) is 5. The number of aromatic nitrogens is 4. The third-order valence-corrected chi connectivity index (χ3v) is 4.36. The zero-order valence-corrected chi connectivity index (χ0v) is 15.6. The van der Waals surface area contributed by atoms with Crippen molar-refractivity contribution in [3.05, 3.63) is 91.1 Å². The Morgan fingerprint density at radius 3 is 2.50 bits per heavy atom. The predicted molar refractivity (Wildman–Crippen MR) is 110 cm³/mol. The van der Waals surface area contributed by atoms with Crippen LogP contribution in [0.1, 0.15) is 0 Å². The summed E-state index contributed by atoms with van der Waals surface area (Å²) in [5.74, 6) is 1.62. The lowest BCUT2D eigenvalue weighted by molar-refractivity contribution is 0.438. The van der Waals surface area contributed by atoms with Gasteiger partial charge >= 0.3 is 0 Å². The number of halogens is 1. The third-order valence-electron chi connectivity index (χ3n) is 4.36. The third kappa shape index (κ3) is 3.56. The van der Waals surface area contributed by atoms with Gasteiger partial charge in [0.05, 0.1) is 11.7 Å². The van der Waals surface area contributed by atoms with Crippen molar-refractivity contribution in [2.75, 3.05) is 0 Å². The van der Waals surface area contributed by atoms with E-state index in [9.17, 15) is 4.39 Å². The first-order chi connectivity index (χ1) is 14.8. The largest absolute Gasteiger partial charge is 0.456 e. The number of ether oxygens (including phenoxy) is 2. The van der Waals surface area contributed by atoms with Crippen LogP contribution < -0.4 is 9.47 Å². The fourth-order valence-corrected chi connectivity index (χ4v) is 3.01. The summed E-state index contributed by atoms with van der Waals surface area (Å²) in [4.78, 5) is 16.2. The van der Waals surface area contributed by atoms with Crippen LogP contribution in [0.3, 0.4) is 0 Å². The number of nitrogens with one attached hydrogen (secondary N) is 1. The number of benzene rings is 2. The fourth-order valence-electron chi connectivity index (χ4n) is 3.01. The van der Waals surface area contributed by atoms with E-state index in [1.54, 1.807) is 61.1 Å². The lowest BCUT2D eigenvalue weighted by atomic mass is 10.2. The van der Waals surface area contributed by atoms with Crippen LogP contribution in [0.15, 0.2) is 85.3 Å². The summed E-state index contributed by atoms with van der Waals surface area (Å²) in [7, 11) is 0. The van der Waals surface area contributed by atoms with E-state index < -0.39 is 5.82 Å². The summed E-state index contributed by atoms with van der Waals surface area (Å²) in [5, 5.41) is 0. The molecular weight excluding hydrogens is 383 g/mol. The minimum absolute atomic E-state index is 0.0970. The van der Waals surface area contributed by atoms with E-state index >= 15 is 0 Å². The number of para-hydroxylation sites is 1. The standard InChI is InChI=1S/C23H15FN4O2/c24-17-7-1-2-9-20(17)30-21-13-16(29-15-6-5-10-25-14-15)12-19-22(21)28-23(27-19)18-8-3-4-11-26-18/h1-14H,(H,27,28). The average Bonchev–Trinajstić information content (AvgIpc) is 3.21. The highest BCUT2D eigenvalue weighted by Crippen LogP contribution is 2.36. The van der Waals surface area contributed by atoms with Gasteiger partial charge in [-0.3, -0.25) is 9.97 Å². The first kappa shape index (κ1) is 17.8. The smallest absolute Gasteiger partial charge is 0.165 e. The Morgan fingerprint density at radius 2 is 1.70 bits per heavy atom. The van der Waals surface area contributed by atoms with Crippen molar-refractivity contribution in [2.45, 2.75) is 0 Å². The molecule has 6 nitrogen and oxygen atoms in total. The van der Waals surface area contributed by atoms with Crippen molar-refractivity contribution in [3.8, 4) is 34.5 Å². The van der Waals surface area contributed by atoms with Crippen LogP contribution >= 0.6 is 0 Å². The molecule has 5 aromatic rings. The van der Waals surface area contributed by atoms with Crippen LogP contribution in [0.4, 0.5) is 4.39 Å². The normalized spacial score (nSPS) is 10.8. The van der Waals surface area contributed by atoms with Gasteiger partial charge in [-0.25, -0.2) is 9.37 Å². The maximum atomic E-state index is 14.2. The summed E-state index contributed by atoms with van der Waals surface area (Å²) in [6.07, 6.45) is 4.96. The maximum absolute atomic E-state index is 14.2. The molecule has 1 N–H and O–H groups in total. The Bertz CT molecular complexity index is 1310. The monoisotopic (exact) mass is 398 g/mol.